The third-order valence-corrected chi connectivity index (χ3v) is 5.71. The number of hydrogen-bond donors (Lipinski definition) is 0. The molecule has 2 aromatic carbocycles. The van der Waals surface area contributed by atoms with Crippen molar-refractivity contribution in [3.8, 4) is 0 Å². The SMILES string of the molecule is Cc1ccc(C(CBr)(CBr)Cc2ccccc2)cc1. The molecular weight excluding hydrogens is 364 g/mol. The zero-order chi connectivity index (χ0) is 13.7. The molecule has 0 atom stereocenters. The lowest BCUT2D eigenvalue weighted by Gasteiger charge is -2.31. The van der Waals surface area contributed by atoms with E-state index in [0.29, 0.717) is 0 Å². The lowest BCUT2D eigenvalue weighted by molar-refractivity contribution is 0.551. The molecule has 19 heavy (non-hydrogen) atoms. The van der Waals surface area contributed by atoms with Gasteiger partial charge >= 0.3 is 0 Å². The normalized spacial score (nSPS) is 11.5. The molecule has 0 aromatic heterocycles. The topological polar surface area (TPSA) is 0 Å². The van der Waals surface area contributed by atoms with Gasteiger partial charge in [0.2, 0.25) is 0 Å². The van der Waals surface area contributed by atoms with Crippen molar-refractivity contribution in [3.63, 3.8) is 0 Å². The van der Waals surface area contributed by atoms with Crippen LogP contribution in [0.1, 0.15) is 16.7 Å². The first-order valence-electron chi connectivity index (χ1n) is 6.43. The fraction of sp³-hybridized carbons (Fsp3) is 0.294. The van der Waals surface area contributed by atoms with Crippen molar-refractivity contribution in [2.75, 3.05) is 10.7 Å². The summed E-state index contributed by atoms with van der Waals surface area (Å²) in [5.74, 6) is 0. The average Bonchev–Trinajstić information content (AvgIpc) is 2.47. The Balaban J connectivity index is 2.34. The van der Waals surface area contributed by atoms with Crippen LogP contribution in [0.3, 0.4) is 0 Å². The highest BCUT2D eigenvalue weighted by Gasteiger charge is 2.30. The molecule has 0 radical (unpaired) electrons. The van der Waals surface area contributed by atoms with Crippen LogP contribution in [0.2, 0.25) is 0 Å². The van der Waals surface area contributed by atoms with Gasteiger partial charge in [-0.2, -0.15) is 0 Å². The van der Waals surface area contributed by atoms with Crippen LogP contribution in [0.25, 0.3) is 0 Å². The molecule has 0 saturated carbocycles. The molecule has 2 rings (SSSR count). The Morgan fingerprint density at radius 2 is 1.42 bits per heavy atom. The largest absolute Gasteiger partial charge is 0.0918 e. The van der Waals surface area contributed by atoms with E-state index >= 15 is 0 Å². The van der Waals surface area contributed by atoms with Crippen LogP contribution in [-0.2, 0) is 11.8 Å². The molecule has 0 unspecified atom stereocenters. The molecule has 0 amide bonds. The van der Waals surface area contributed by atoms with Gasteiger partial charge in [-0.05, 0) is 24.5 Å². The molecule has 0 N–H and O–H groups in total. The first kappa shape index (κ1) is 14.8. The Morgan fingerprint density at radius 1 is 0.842 bits per heavy atom. The average molecular weight is 382 g/mol. The second-order valence-electron chi connectivity index (χ2n) is 5.08. The minimum atomic E-state index is 0.106. The van der Waals surface area contributed by atoms with Gasteiger partial charge in [-0.15, -0.1) is 0 Å². The van der Waals surface area contributed by atoms with E-state index in [1.807, 2.05) is 0 Å². The van der Waals surface area contributed by atoms with Gasteiger partial charge in [-0.3, -0.25) is 0 Å². The highest BCUT2D eigenvalue weighted by Crippen LogP contribution is 2.33. The van der Waals surface area contributed by atoms with Gasteiger partial charge in [-0.25, -0.2) is 0 Å². The van der Waals surface area contributed by atoms with Gasteiger partial charge in [0, 0.05) is 16.1 Å². The van der Waals surface area contributed by atoms with Gasteiger partial charge in [0.1, 0.15) is 0 Å². The summed E-state index contributed by atoms with van der Waals surface area (Å²) in [5.41, 5.74) is 4.17. The van der Waals surface area contributed by atoms with Gasteiger partial charge in [-0.1, -0.05) is 92.0 Å². The molecule has 0 fully saturated rings. The molecule has 2 heteroatoms. The zero-order valence-corrected chi connectivity index (χ0v) is 14.2. The minimum Gasteiger partial charge on any atom is -0.0918 e. The molecule has 0 bridgehead atoms. The van der Waals surface area contributed by atoms with Crippen molar-refractivity contribution >= 4 is 31.9 Å². The summed E-state index contributed by atoms with van der Waals surface area (Å²) in [4.78, 5) is 0. The Labute approximate surface area is 132 Å². The van der Waals surface area contributed by atoms with Crippen LogP contribution in [0.4, 0.5) is 0 Å². The predicted octanol–water partition coefficient (Wildman–Crippen LogP) is 5.27. The summed E-state index contributed by atoms with van der Waals surface area (Å²) in [6, 6.07) is 19.6. The quantitative estimate of drug-likeness (QED) is 0.619. The van der Waals surface area contributed by atoms with Crippen molar-refractivity contribution in [1.29, 1.82) is 0 Å². The van der Waals surface area contributed by atoms with Crippen LogP contribution < -0.4 is 0 Å². The highest BCUT2D eigenvalue weighted by molar-refractivity contribution is 9.09. The van der Waals surface area contributed by atoms with Gasteiger partial charge < -0.3 is 0 Å². The van der Waals surface area contributed by atoms with E-state index in [1.54, 1.807) is 0 Å². The first-order valence-corrected chi connectivity index (χ1v) is 8.67. The van der Waals surface area contributed by atoms with Crippen molar-refractivity contribution < 1.29 is 0 Å². The molecule has 100 valence electrons. The van der Waals surface area contributed by atoms with E-state index in [-0.39, 0.29) is 5.41 Å². The fourth-order valence-electron chi connectivity index (χ4n) is 2.28. The minimum absolute atomic E-state index is 0.106. The molecule has 0 saturated heterocycles. The van der Waals surface area contributed by atoms with E-state index < -0.39 is 0 Å². The molecule has 0 aliphatic heterocycles. The number of rotatable bonds is 5. The maximum atomic E-state index is 3.72. The first-order chi connectivity index (χ1) is 9.20. The molecular formula is C17H18Br2. The summed E-state index contributed by atoms with van der Waals surface area (Å²) in [6.07, 6.45) is 1.04. The third kappa shape index (κ3) is 3.49. The van der Waals surface area contributed by atoms with Crippen molar-refractivity contribution in [2.45, 2.75) is 18.8 Å². The monoisotopic (exact) mass is 380 g/mol. The molecule has 0 nitrogen and oxygen atoms in total. The number of alkyl halides is 2. The van der Waals surface area contributed by atoms with E-state index in [0.717, 1.165) is 17.1 Å². The highest BCUT2D eigenvalue weighted by atomic mass is 79.9. The number of aryl methyl sites for hydroxylation is 1. The zero-order valence-electron chi connectivity index (χ0n) is 11.1. The molecule has 0 aliphatic rings. The molecule has 2 aromatic rings. The maximum Gasteiger partial charge on any atom is 0.0187 e. The van der Waals surface area contributed by atoms with Crippen LogP contribution in [0, 0.1) is 6.92 Å². The van der Waals surface area contributed by atoms with Crippen molar-refractivity contribution in [2.24, 2.45) is 0 Å². The summed E-state index contributed by atoms with van der Waals surface area (Å²) in [5, 5.41) is 1.90. The summed E-state index contributed by atoms with van der Waals surface area (Å²) in [6.45, 7) is 2.13. The van der Waals surface area contributed by atoms with Crippen LogP contribution in [0.5, 0.6) is 0 Å². The summed E-state index contributed by atoms with van der Waals surface area (Å²) < 4.78 is 0. The van der Waals surface area contributed by atoms with Gasteiger partial charge in [0.05, 0.1) is 0 Å². The standard InChI is InChI=1S/C17H18Br2/c1-14-7-9-16(10-8-14)17(12-18,13-19)11-15-5-3-2-4-6-15/h2-10H,11-13H2,1H3. The van der Waals surface area contributed by atoms with Crippen LogP contribution in [-0.4, -0.2) is 10.7 Å². The second-order valence-corrected chi connectivity index (χ2v) is 6.20. The Morgan fingerprint density at radius 3 is 1.95 bits per heavy atom. The molecule has 0 spiro atoms. The van der Waals surface area contributed by atoms with Crippen molar-refractivity contribution in [3.05, 3.63) is 71.3 Å². The second kappa shape index (κ2) is 6.71. The predicted molar refractivity (Wildman–Crippen MR) is 90.6 cm³/mol. The lowest BCUT2D eigenvalue weighted by atomic mass is 9.79. The number of hydrogen-bond acceptors (Lipinski definition) is 0. The van der Waals surface area contributed by atoms with E-state index in [1.165, 1.54) is 16.7 Å². The fourth-order valence-corrected chi connectivity index (χ4v) is 4.25. The van der Waals surface area contributed by atoms with Crippen molar-refractivity contribution in [1.82, 2.24) is 0 Å². The van der Waals surface area contributed by atoms with Gasteiger partial charge in [0.25, 0.3) is 0 Å². The maximum absolute atomic E-state index is 3.72. The molecule has 0 aliphatic carbocycles. The molecule has 0 heterocycles. The Bertz CT molecular complexity index is 499. The van der Waals surface area contributed by atoms with E-state index in [4.69, 9.17) is 0 Å². The number of benzene rings is 2. The van der Waals surface area contributed by atoms with E-state index in [9.17, 15) is 0 Å². The number of halogens is 2. The van der Waals surface area contributed by atoms with Crippen LogP contribution >= 0.6 is 31.9 Å². The van der Waals surface area contributed by atoms with Gasteiger partial charge in [0.15, 0.2) is 0 Å². The Hall–Kier alpha value is -0.600. The van der Waals surface area contributed by atoms with E-state index in [2.05, 4.69) is 93.4 Å². The Kier molecular flexibility index (Phi) is 5.23. The van der Waals surface area contributed by atoms with Crippen LogP contribution in [0.15, 0.2) is 54.6 Å². The smallest absolute Gasteiger partial charge is 0.0187 e. The third-order valence-electron chi connectivity index (χ3n) is 3.56. The lowest BCUT2D eigenvalue weighted by Crippen LogP contribution is -2.32. The summed E-state index contributed by atoms with van der Waals surface area (Å²) in [7, 11) is 0. The summed E-state index contributed by atoms with van der Waals surface area (Å²) >= 11 is 7.43.